The van der Waals surface area contributed by atoms with Crippen LogP contribution in [0, 0.1) is 5.21 Å². The monoisotopic (exact) mass is 227 g/mol. The minimum absolute atomic E-state index is 0.386. The number of aliphatic imine (C=N–C) groups is 1. The lowest BCUT2D eigenvalue weighted by Crippen LogP contribution is -2.37. The molecule has 0 aromatic rings. The number of carbonyl (C=O) groups excluding carboxylic acids is 1. The predicted molar refractivity (Wildman–Crippen MR) is 63.3 cm³/mol. The van der Waals surface area contributed by atoms with Crippen LogP contribution in [0.4, 0.5) is 0 Å². The van der Waals surface area contributed by atoms with Crippen molar-refractivity contribution in [2.24, 2.45) is 4.99 Å². The maximum absolute atomic E-state index is 11.7. The fourth-order valence-corrected chi connectivity index (χ4v) is 1.92. The fourth-order valence-electron chi connectivity index (χ4n) is 1.92. The summed E-state index contributed by atoms with van der Waals surface area (Å²) in [7, 11) is 0. The largest absolute Gasteiger partial charge is 0.616 e. The van der Waals surface area contributed by atoms with E-state index < -0.39 is 5.91 Å². The molecule has 3 heterocycles. The Bertz CT molecular complexity index is 577. The molecule has 0 aromatic heterocycles. The molecule has 0 N–H and O–H groups in total. The minimum Gasteiger partial charge on any atom is -0.616 e. The van der Waals surface area contributed by atoms with Crippen LogP contribution in [-0.4, -0.2) is 34.0 Å². The van der Waals surface area contributed by atoms with Crippen molar-refractivity contribution in [3.8, 4) is 0 Å². The Hall–Kier alpha value is -2.43. The molecule has 0 aromatic carbocycles. The average molecular weight is 227 g/mol. The standard InChI is InChI=1S/C12H9N3O2/c16-12-3-2-9-6-10-7-13-4-1-5-14(10)8-11(9)15(12)17/h1-7H,8H2. The first-order valence-corrected chi connectivity index (χ1v) is 5.20. The average Bonchev–Trinajstić information content (AvgIpc) is 2.57. The molecule has 0 spiro atoms. The van der Waals surface area contributed by atoms with Crippen molar-refractivity contribution in [3.05, 3.63) is 53.2 Å². The zero-order valence-corrected chi connectivity index (χ0v) is 8.91. The van der Waals surface area contributed by atoms with Gasteiger partial charge in [0.2, 0.25) is 5.71 Å². The van der Waals surface area contributed by atoms with Gasteiger partial charge in [0.25, 0.3) is 0 Å². The van der Waals surface area contributed by atoms with Gasteiger partial charge in [0.1, 0.15) is 6.54 Å². The number of fused-ring (bicyclic) bond motifs is 2. The van der Waals surface area contributed by atoms with E-state index >= 15 is 0 Å². The van der Waals surface area contributed by atoms with Gasteiger partial charge >= 0.3 is 5.91 Å². The van der Waals surface area contributed by atoms with E-state index in [1.165, 1.54) is 6.08 Å². The first kappa shape index (κ1) is 9.77. The van der Waals surface area contributed by atoms with Gasteiger partial charge < -0.3 is 10.1 Å². The lowest BCUT2D eigenvalue weighted by Gasteiger charge is -2.26. The smallest absolute Gasteiger partial charge is 0.423 e. The third kappa shape index (κ3) is 1.52. The molecule has 0 saturated carbocycles. The Labute approximate surface area is 97.6 Å². The summed E-state index contributed by atoms with van der Waals surface area (Å²) in [6, 6.07) is 0. The highest BCUT2D eigenvalue weighted by molar-refractivity contribution is 6.08. The van der Waals surface area contributed by atoms with E-state index in [0.29, 0.717) is 17.0 Å². The summed E-state index contributed by atoms with van der Waals surface area (Å²) in [5.74, 6) is -0.528. The van der Waals surface area contributed by atoms with E-state index in [9.17, 15) is 10.0 Å². The number of allylic oxidation sites excluding steroid dienone is 3. The maximum atomic E-state index is 11.7. The van der Waals surface area contributed by atoms with Crippen LogP contribution >= 0.6 is 0 Å². The number of carbonyl (C=O) groups is 1. The highest BCUT2D eigenvalue weighted by Gasteiger charge is 2.29. The van der Waals surface area contributed by atoms with Crippen LogP contribution in [0.3, 0.4) is 0 Å². The van der Waals surface area contributed by atoms with E-state index in [1.54, 1.807) is 24.6 Å². The van der Waals surface area contributed by atoms with Crippen LogP contribution in [-0.2, 0) is 4.79 Å². The molecule has 3 aliphatic heterocycles. The van der Waals surface area contributed by atoms with Gasteiger partial charge in [-0.2, -0.15) is 0 Å². The van der Waals surface area contributed by atoms with E-state index in [2.05, 4.69) is 4.99 Å². The number of rotatable bonds is 0. The molecule has 0 aliphatic carbocycles. The van der Waals surface area contributed by atoms with Gasteiger partial charge in [-0.25, -0.2) is 4.79 Å². The third-order valence-electron chi connectivity index (χ3n) is 2.78. The molecular formula is C12H9N3O2. The van der Waals surface area contributed by atoms with Gasteiger partial charge in [0.15, 0.2) is 0 Å². The third-order valence-corrected chi connectivity index (χ3v) is 2.78. The molecular weight excluding hydrogens is 218 g/mol. The lowest BCUT2D eigenvalue weighted by molar-refractivity contribution is -0.377. The van der Waals surface area contributed by atoms with Crippen LogP contribution in [0.25, 0.3) is 0 Å². The molecule has 1 amide bonds. The number of amides is 1. The van der Waals surface area contributed by atoms with Crippen LogP contribution in [0.5, 0.6) is 0 Å². The summed E-state index contributed by atoms with van der Waals surface area (Å²) in [6.07, 6.45) is 11.8. The molecule has 17 heavy (non-hydrogen) atoms. The molecule has 5 heteroatoms. The minimum atomic E-state index is -0.528. The normalized spacial score (nSPS) is 21.9. The SMILES string of the molecule is O=C1C=CC2=CC3=CN=CC=CN3CC2=[N+]1[O-]. The van der Waals surface area contributed by atoms with E-state index in [4.69, 9.17) is 0 Å². The highest BCUT2D eigenvalue weighted by atomic mass is 16.5. The Morgan fingerprint density at radius 3 is 3.18 bits per heavy atom. The summed E-state index contributed by atoms with van der Waals surface area (Å²) in [4.78, 5) is 17.2. The number of hydrogen-bond donors (Lipinski definition) is 0. The zero-order valence-electron chi connectivity index (χ0n) is 8.91. The predicted octanol–water partition coefficient (Wildman–Crippen LogP) is 0.716. The van der Waals surface area contributed by atoms with E-state index in [-0.39, 0.29) is 0 Å². The van der Waals surface area contributed by atoms with E-state index in [1.807, 2.05) is 17.2 Å². The zero-order chi connectivity index (χ0) is 11.8. The molecule has 3 aliphatic rings. The summed E-state index contributed by atoms with van der Waals surface area (Å²) in [5, 5.41) is 11.7. The Balaban J connectivity index is 2.12. The molecule has 0 saturated heterocycles. The van der Waals surface area contributed by atoms with E-state index in [0.717, 1.165) is 11.3 Å². The van der Waals surface area contributed by atoms with Crippen molar-refractivity contribution in [1.82, 2.24) is 4.90 Å². The van der Waals surface area contributed by atoms with Crippen molar-refractivity contribution >= 4 is 17.8 Å². The van der Waals surface area contributed by atoms with Crippen molar-refractivity contribution < 1.29 is 9.53 Å². The van der Waals surface area contributed by atoms with Crippen LogP contribution < -0.4 is 0 Å². The first-order valence-electron chi connectivity index (χ1n) is 5.20. The molecule has 0 fully saturated rings. The lowest BCUT2D eigenvalue weighted by atomic mass is 10.0. The van der Waals surface area contributed by atoms with Gasteiger partial charge in [-0.15, -0.1) is 4.74 Å². The van der Waals surface area contributed by atoms with Crippen molar-refractivity contribution in [2.75, 3.05) is 6.54 Å². The second-order valence-electron chi connectivity index (χ2n) is 3.83. The van der Waals surface area contributed by atoms with Gasteiger partial charge in [-0.05, 0) is 18.2 Å². The van der Waals surface area contributed by atoms with Crippen LogP contribution in [0.15, 0.2) is 53.0 Å². The van der Waals surface area contributed by atoms with Gasteiger partial charge in [-0.3, -0.25) is 4.99 Å². The quantitative estimate of drug-likeness (QED) is 0.452. The topological polar surface area (TPSA) is 58.7 Å². The molecule has 0 unspecified atom stereocenters. The summed E-state index contributed by atoms with van der Waals surface area (Å²) >= 11 is 0. The molecule has 3 rings (SSSR count). The number of hydroxylamine groups is 1. The van der Waals surface area contributed by atoms with Gasteiger partial charge in [-0.1, -0.05) is 0 Å². The van der Waals surface area contributed by atoms with Crippen molar-refractivity contribution in [2.45, 2.75) is 0 Å². The molecule has 0 atom stereocenters. The number of nitrogens with zero attached hydrogens (tertiary/aromatic N) is 3. The summed E-state index contributed by atoms with van der Waals surface area (Å²) in [5.41, 5.74) is 2.15. The van der Waals surface area contributed by atoms with Gasteiger partial charge in [0, 0.05) is 18.0 Å². The Morgan fingerprint density at radius 2 is 2.29 bits per heavy atom. The summed E-state index contributed by atoms with van der Waals surface area (Å²) < 4.78 is 0.447. The fraction of sp³-hybridized carbons (Fsp3) is 0.0833. The molecule has 5 nitrogen and oxygen atoms in total. The summed E-state index contributed by atoms with van der Waals surface area (Å²) in [6.45, 7) is 0.386. The van der Waals surface area contributed by atoms with Crippen molar-refractivity contribution in [3.63, 3.8) is 0 Å². The Kier molecular flexibility index (Phi) is 2.04. The van der Waals surface area contributed by atoms with Crippen molar-refractivity contribution in [1.29, 1.82) is 0 Å². The number of hydrogen-bond acceptors (Lipinski definition) is 4. The second-order valence-corrected chi connectivity index (χ2v) is 3.83. The molecule has 0 bridgehead atoms. The first-order chi connectivity index (χ1) is 8.25. The van der Waals surface area contributed by atoms with Crippen LogP contribution in [0.2, 0.25) is 0 Å². The second kappa shape index (κ2) is 3.55. The maximum Gasteiger partial charge on any atom is 0.423 e. The molecule has 84 valence electrons. The van der Waals surface area contributed by atoms with Gasteiger partial charge in [0.05, 0.1) is 18.0 Å². The van der Waals surface area contributed by atoms with Crippen LogP contribution in [0.1, 0.15) is 0 Å². The highest BCUT2D eigenvalue weighted by Crippen LogP contribution is 2.22. The molecule has 0 radical (unpaired) electrons. The Morgan fingerprint density at radius 1 is 1.41 bits per heavy atom.